The largest absolute Gasteiger partial charge is 0.487 e. The van der Waals surface area contributed by atoms with Crippen LogP contribution in [0.4, 0.5) is 15.9 Å². The Labute approximate surface area is 229 Å². The van der Waals surface area contributed by atoms with Crippen LogP contribution < -0.4 is 10.1 Å². The maximum Gasteiger partial charge on any atom is 0.141 e. The van der Waals surface area contributed by atoms with Crippen LogP contribution in [-0.4, -0.2) is 38.7 Å². The molecule has 2 N–H and O–H groups in total. The van der Waals surface area contributed by atoms with Crippen molar-refractivity contribution in [3.05, 3.63) is 101 Å². The Bertz CT molecular complexity index is 1650. The van der Waals surface area contributed by atoms with Gasteiger partial charge in [0.15, 0.2) is 0 Å². The number of rotatable bonds is 8. The van der Waals surface area contributed by atoms with Gasteiger partial charge in [0.05, 0.1) is 22.7 Å². The number of nitrogens with one attached hydrogen (secondary N) is 1. The van der Waals surface area contributed by atoms with Gasteiger partial charge in [-0.3, -0.25) is 4.90 Å². The van der Waals surface area contributed by atoms with Gasteiger partial charge in [0.1, 0.15) is 41.8 Å². The Kier molecular flexibility index (Phi) is 6.68. The molecule has 6 rings (SSSR count). The second-order valence-corrected chi connectivity index (χ2v) is 10.5. The van der Waals surface area contributed by atoms with E-state index in [-0.39, 0.29) is 12.4 Å². The third-order valence-corrected chi connectivity index (χ3v) is 6.86. The summed E-state index contributed by atoms with van der Waals surface area (Å²) >= 11 is 6.48. The predicted molar refractivity (Wildman–Crippen MR) is 149 cm³/mol. The first kappa shape index (κ1) is 25.3. The number of hydrogen-bond acceptors (Lipinski definition) is 7. The van der Waals surface area contributed by atoms with E-state index < -0.39 is 5.60 Å². The Balaban J connectivity index is 1.18. The molecule has 1 fully saturated rings. The number of fused-ring (bicyclic) bond motifs is 1. The molecule has 0 atom stereocenters. The summed E-state index contributed by atoms with van der Waals surface area (Å²) in [4.78, 5) is 11.0. The van der Waals surface area contributed by atoms with Crippen LogP contribution in [0.15, 0.2) is 83.5 Å². The van der Waals surface area contributed by atoms with E-state index in [4.69, 9.17) is 20.8 Å². The molecular weight excluding hydrogens is 519 g/mol. The first-order valence-corrected chi connectivity index (χ1v) is 12.9. The lowest BCUT2D eigenvalue weighted by atomic mass is 9.97. The van der Waals surface area contributed by atoms with Crippen LogP contribution in [0.3, 0.4) is 0 Å². The smallest absolute Gasteiger partial charge is 0.141 e. The van der Waals surface area contributed by atoms with Crippen LogP contribution in [-0.2, 0) is 13.2 Å². The summed E-state index contributed by atoms with van der Waals surface area (Å²) in [6.45, 7) is 3.97. The number of ether oxygens (including phenoxy) is 1. The summed E-state index contributed by atoms with van der Waals surface area (Å²) in [6, 6.07) is 21.4. The molecule has 1 saturated heterocycles. The van der Waals surface area contributed by atoms with Crippen molar-refractivity contribution >= 4 is 34.0 Å². The van der Waals surface area contributed by atoms with E-state index in [0.717, 1.165) is 33.7 Å². The quantitative estimate of drug-likeness (QED) is 0.228. The fraction of sp³-hybridized carbons (Fsp3) is 0.200. The molecule has 1 aliphatic rings. The average Bonchev–Trinajstić information content (AvgIpc) is 3.36. The minimum Gasteiger partial charge on any atom is -0.487 e. The summed E-state index contributed by atoms with van der Waals surface area (Å²) < 4.78 is 25.3. The van der Waals surface area contributed by atoms with Gasteiger partial charge in [-0.05, 0) is 73.2 Å². The van der Waals surface area contributed by atoms with Gasteiger partial charge in [-0.25, -0.2) is 14.4 Å². The third kappa shape index (κ3) is 5.73. The maximum absolute atomic E-state index is 13.4. The zero-order valence-electron chi connectivity index (χ0n) is 21.2. The third-order valence-electron chi connectivity index (χ3n) is 6.57. The van der Waals surface area contributed by atoms with Crippen molar-refractivity contribution in [3.8, 4) is 17.1 Å². The van der Waals surface area contributed by atoms with Gasteiger partial charge in [0.25, 0.3) is 0 Å². The fourth-order valence-electron chi connectivity index (χ4n) is 4.80. The maximum atomic E-state index is 13.4. The molecule has 1 aliphatic heterocycles. The molecular formula is C30H26ClFN4O3. The highest BCUT2D eigenvalue weighted by atomic mass is 35.5. The lowest BCUT2D eigenvalue weighted by Crippen LogP contribution is -2.59. The number of aliphatic hydroxyl groups is 1. The zero-order valence-corrected chi connectivity index (χ0v) is 22.0. The highest BCUT2D eigenvalue weighted by Crippen LogP contribution is 2.33. The summed E-state index contributed by atoms with van der Waals surface area (Å²) in [5.74, 6) is 2.41. The van der Waals surface area contributed by atoms with Crippen LogP contribution in [0.1, 0.15) is 18.2 Å². The monoisotopic (exact) mass is 544 g/mol. The first-order valence-electron chi connectivity index (χ1n) is 12.5. The van der Waals surface area contributed by atoms with Gasteiger partial charge in [-0.2, -0.15) is 0 Å². The van der Waals surface area contributed by atoms with Gasteiger partial charge >= 0.3 is 0 Å². The second kappa shape index (κ2) is 10.3. The molecule has 198 valence electrons. The normalized spacial score (nSPS) is 14.8. The van der Waals surface area contributed by atoms with Crippen molar-refractivity contribution in [2.75, 3.05) is 18.4 Å². The molecule has 39 heavy (non-hydrogen) atoms. The summed E-state index contributed by atoms with van der Waals surface area (Å²) in [5.41, 5.74) is 2.52. The Hall–Kier alpha value is -3.98. The van der Waals surface area contributed by atoms with E-state index in [2.05, 4.69) is 20.2 Å². The van der Waals surface area contributed by atoms with Crippen molar-refractivity contribution in [2.45, 2.75) is 25.7 Å². The Morgan fingerprint density at radius 2 is 1.95 bits per heavy atom. The summed E-state index contributed by atoms with van der Waals surface area (Å²) in [5, 5.41) is 14.5. The molecule has 0 bridgehead atoms. The predicted octanol–water partition coefficient (Wildman–Crippen LogP) is 6.57. The number of furan rings is 1. The number of hydrogen-bond donors (Lipinski definition) is 2. The van der Waals surface area contributed by atoms with Crippen molar-refractivity contribution in [3.63, 3.8) is 0 Å². The highest BCUT2D eigenvalue weighted by molar-refractivity contribution is 6.32. The number of anilines is 2. The molecule has 0 radical (unpaired) electrons. The molecule has 0 aliphatic carbocycles. The summed E-state index contributed by atoms with van der Waals surface area (Å²) in [6.07, 6.45) is 1.51. The SMILES string of the molecule is CC1(O)CN(Cc2ccc(-c3ccc4ncnc(Nc5ccc(OCc6cccc(F)c6)c(Cl)c5)c4c3)o2)C1. The van der Waals surface area contributed by atoms with Crippen molar-refractivity contribution in [2.24, 2.45) is 0 Å². The van der Waals surface area contributed by atoms with E-state index in [0.29, 0.717) is 41.8 Å². The van der Waals surface area contributed by atoms with Crippen LogP contribution in [0.25, 0.3) is 22.2 Å². The average molecular weight is 545 g/mol. The number of β-amino-alcohol motifs (C(OH)–C–C–N with tert-alkyl or cyclic N) is 1. The fourth-order valence-corrected chi connectivity index (χ4v) is 5.03. The number of nitrogens with zero attached hydrogens (tertiary/aromatic N) is 3. The molecule has 9 heteroatoms. The van der Waals surface area contributed by atoms with Crippen LogP contribution in [0, 0.1) is 5.82 Å². The lowest BCUT2D eigenvalue weighted by molar-refractivity contribution is -0.0890. The van der Waals surface area contributed by atoms with E-state index in [1.165, 1.54) is 18.5 Å². The van der Waals surface area contributed by atoms with E-state index in [1.807, 2.05) is 43.3 Å². The first-order chi connectivity index (χ1) is 18.8. The Morgan fingerprint density at radius 1 is 1.08 bits per heavy atom. The zero-order chi connectivity index (χ0) is 27.0. The number of benzene rings is 3. The summed E-state index contributed by atoms with van der Waals surface area (Å²) in [7, 11) is 0. The van der Waals surface area contributed by atoms with Gasteiger partial charge in [0.2, 0.25) is 0 Å². The van der Waals surface area contributed by atoms with Gasteiger partial charge in [-0.15, -0.1) is 0 Å². The topological polar surface area (TPSA) is 83.7 Å². The van der Waals surface area contributed by atoms with Crippen LogP contribution in [0.2, 0.25) is 5.02 Å². The Morgan fingerprint density at radius 3 is 2.74 bits per heavy atom. The molecule has 0 saturated carbocycles. The van der Waals surface area contributed by atoms with Crippen molar-refractivity contribution < 1.29 is 18.7 Å². The van der Waals surface area contributed by atoms with Crippen molar-refractivity contribution in [1.29, 1.82) is 0 Å². The van der Waals surface area contributed by atoms with Gasteiger partial charge in [0, 0.05) is 29.7 Å². The van der Waals surface area contributed by atoms with Crippen molar-refractivity contribution in [1.82, 2.24) is 14.9 Å². The van der Waals surface area contributed by atoms with E-state index in [9.17, 15) is 9.50 Å². The lowest BCUT2D eigenvalue weighted by Gasteiger charge is -2.43. The molecule has 3 aromatic carbocycles. The van der Waals surface area contributed by atoms with Crippen LogP contribution in [0.5, 0.6) is 5.75 Å². The van der Waals surface area contributed by atoms with Crippen LogP contribution >= 0.6 is 11.6 Å². The number of halogens is 2. The van der Waals surface area contributed by atoms with Gasteiger partial charge in [-0.1, -0.05) is 23.7 Å². The number of likely N-dealkylation sites (tertiary alicyclic amines) is 1. The molecule has 5 aromatic rings. The van der Waals surface area contributed by atoms with E-state index >= 15 is 0 Å². The molecule has 0 unspecified atom stereocenters. The minimum absolute atomic E-state index is 0.205. The second-order valence-electron chi connectivity index (χ2n) is 10.1. The van der Waals surface area contributed by atoms with E-state index in [1.54, 1.807) is 24.3 Å². The standard InChI is InChI=1S/C30H26ClFN4O3/c1-30(37)16-36(17-30)14-23-7-10-27(39-23)20-5-8-26-24(12-20)29(34-18-33-26)35-22-6-9-28(25(31)13-22)38-15-19-3-2-4-21(32)11-19/h2-13,18,37H,14-17H2,1H3,(H,33,34,35). The number of aromatic nitrogens is 2. The molecule has 0 amide bonds. The molecule has 0 spiro atoms. The molecule has 2 aromatic heterocycles. The molecule has 3 heterocycles. The van der Waals surface area contributed by atoms with Gasteiger partial charge < -0.3 is 19.6 Å². The highest BCUT2D eigenvalue weighted by Gasteiger charge is 2.36. The molecule has 7 nitrogen and oxygen atoms in total. The minimum atomic E-state index is -0.613.